The molecule has 1 saturated carbocycles. The van der Waals surface area contributed by atoms with Crippen LogP contribution in [0.2, 0.25) is 0 Å². The lowest BCUT2D eigenvalue weighted by molar-refractivity contribution is -0.115. The van der Waals surface area contributed by atoms with Gasteiger partial charge in [-0.2, -0.15) is 0 Å². The maximum atomic E-state index is 12.2. The molecule has 2 amide bonds. The second-order valence-corrected chi connectivity index (χ2v) is 7.35. The first kappa shape index (κ1) is 17.5. The molecule has 1 aliphatic rings. The van der Waals surface area contributed by atoms with E-state index >= 15 is 0 Å². The number of carbonyl (C=O) groups is 3. The molecule has 0 atom stereocenters. The van der Waals surface area contributed by atoms with E-state index in [9.17, 15) is 14.4 Å². The summed E-state index contributed by atoms with van der Waals surface area (Å²) in [5.74, 6) is -0.109. The monoisotopic (exact) mass is 299 g/mol. The Morgan fingerprint density at radius 1 is 0.952 bits per heavy atom. The van der Waals surface area contributed by atoms with E-state index in [0.29, 0.717) is 12.8 Å². The first-order valence-corrected chi connectivity index (χ1v) is 7.13. The molecule has 6 heteroatoms. The van der Waals surface area contributed by atoms with Crippen molar-refractivity contribution in [3.05, 3.63) is 0 Å². The molecule has 0 bridgehead atoms. The zero-order valence-electron chi connectivity index (χ0n) is 13.6. The van der Waals surface area contributed by atoms with Crippen LogP contribution in [0.1, 0.15) is 54.4 Å². The molecule has 0 radical (unpaired) electrons. The van der Waals surface area contributed by atoms with E-state index in [1.165, 1.54) is 0 Å². The summed E-state index contributed by atoms with van der Waals surface area (Å²) in [6.45, 7) is 10.4. The van der Waals surface area contributed by atoms with E-state index in [-0.39, 0.29) is 12.0 Å². The van der Waals surface area contributed by atoms with Gasteiger partial charge < -0.3 is 14.3 Å². The predicted octanol–water partition coefficient (Wildman–Crippen LogP) is 3.14. The highest BCUT2D eigenvalue weighted by Gasteiger charge is 2.43. The standard InChI is InChI=1S/C15H25NO5/c1-14(2,3)20-12(18)16(11-7-10(8-11)9-17)13(19)21-15(4,5)6/h9-11H,7-8H2,1-6H3. The molecule has 0 unspecified atom stereocenters. The molecule has 1 aliphatic carbocycles. The van der Waals surface area contributed by atoms with Gasteiger partial charge >= 0.3 is 12.2 Å². The summed E-state index contributed by atoms with van der Waals surface area (Å²) in [6.07, 6.45) is 0.306. The number of carbonyl (C=O) groups excluding carboxylic acids is 3. The van der Waals surface area contributed by atoms with Crippen molar-refractivity contribution in [2.75, 3.05) is 0 Å². The van der Waals surface area contributed by atoms with Crippen molar-refractivity contribution in [1.29, 1.82) is 0 Å². The summed E-state index contributed by atoms with van der Waals surface area (Å²) in [4.78, 5) is 36.2. The van der Waals surface area contributed by atoms with Crippen molar-refractivity contribution in [2.45, 2.75) is 71.6 Å². The van der Waals surface area contributed by atoms with Crippen LogP contribution in [0, 0.1) is 5.92 Å². The van der Waals surface area contributed by atoms with Gasteiger partial charge in [0.1, 0.15) is 17.5 Å². The van der Waals surface area contributed by atoms with E-state index in [2.05, 4.69) is 0 Å². The number of hydrogen-bond donors (Lipinski definition) is 0. The Morgan fingerprint density at radius 2 is 1.33 bits per heavy atom. The van der Waals surface area contributed by atoms with Crippen LogP contribution in [-0.2, 0) is 14.3 Å². The van der Waals surface area contributed by atoms with Gasteiger partial charge in [0.2, 0.25) is 0 Å². The molecule has 1 fully saturated rings. The van der Waals surface area contributed by atoms with E-state index < -0.39 is 23.4 Å². The third-order valence-electron chi connectivity index (χ3n) is 2.89. The van der Waals surface area contributed by atoms with Crippen molar-refractivity contribution in [1.82, 2.24) is 4.90 Å². The molecule has 1 rings (SSSR count). The van der Waals surface area contributed by atoms with Gasteiger partial charge in [0.15, 0.2) is 0 Å². The van der Waals surface area contributed by atoms with Gasteiger partial charge in [-0.3, -0.25) is 0 Å². The SMILES string of the molecule is CC(C)(C)OC(=O)N(C(=O)OC(C)(C)C)C1CC(C=O)C1. The summed E-state index contributed by atoms with van der Waals surface area (Å²) < 4.78 is 10.5. The highest BCUT2D eigenvalue weighted by atomic mass is 16.6. The number of hydrogen-bond acceptors (Lipinski definition) is 5. The number of aldehydes is 1. The van der Waals surface area contributed by atoms with E-state index in [4.69, 9.17) is 9.47 Å². The van der Waals surface area contributed by atoms with Gasteiger partial charge in [0.25, 0.3) is 0 Å². The summed E-state index contributed by atoms with van der Waals surface area (Å²) in [5.41, 5.74) is -1.41. The highest BCUT2D eigenvalue weighted by Crippen LogP contribution is 2.32. The first-order valence-electron chi connectivity index (χ1n) is 7.13. The number of amides is 2. The van der Waals surface area contributed by atoms with Crippen LogP contribution in [-0.4, -0.2) is 40.6 Å². The van der Waals surface area contributed by atoms with Gasteiger partial charge in [0, 0.05) is 12.0 Å². The number of imide groups is 1. The molecule has 6 nitrogen and oxygen atoms in total. The fraction of sp³-hybridized carbons (Fsp3) is 0.800. The van der Waals surface area contributed by atoms with Crippen molar-refractivity contribution < 1.29 is 23.9 Å². The molecule has 0 aromatic rings. The molecule has 0 aliphatic heterocycles. The van der Waals surface area contributed by atoms with Crippen LogP contribution < -0.4 is 0 Å². The molecular formula is C15H25NO5. The lowest BCUT2D eigenvalue weighted by Gasteiger charge is -2.40. The zero-order valence-corrected chi connectivity index (χ0v) is 13.6. The van der Waals surface area contributed by atoms with E-state index in [1.807, 2.05) is 0 Å². The van der Waals surface area contributed by atoms with Gasteiger partial charge in [-0.15, -0.1) is 0 Å². The second kappa shape index (κ2) is 6.03. The average Bonchev–Trinajstić information content (AvgIpc) is 2.16. The predicted molar refractivity (Wildman–Crippen MR) is 76.9 cm³/mol. The Morgan fingerprint density at radius 3 is 1.62 bits per heavy atom. The summed E-state index contributed by atoms with van der Waals surface area (Å²) in [7, 11) is 0. The van der Waals surface area contributed by atoms with Gasteiger partial charge in [-0.25, -0.2) is 14.5 Å². The van der Waals surface area contributed by atoms with Crippen LogP contribution in [0.5, 0.6) is 0 Å². The quantitative estimate of drug-likeness (QED) is 0.732. The topological polar surface area (TPSA) is 72.9 Å². The first-order chi connectivity index (χ1) is 9.43. The minimum Gasteiger partial charge on any atom is -0.443 e. The minimum atomic E-state index is -0.730. The summed E-state index contributed by atoms with van der Waals surface area (Å²) >= 11 is 0. The largest absolute Gasteiger partial charge is 0.443 e. The fourth-order valence-corrected chi connectivity index (χ4v) is 1.95. The molecule has 0 aromatic heterocycles. The van der Waals surface area contributed by atoms with Crippen LogP contribution in [0.3, 0.4) is 0 Å². The Hall–Kier alpha value is -1.59. The molecule has 0 heterocycles. The number of ether oxygens (including phenoxy) is 2. The van der Waals surface area contributed by atoms with Gasteiger partial charge in [-0.1, -0.05) is 0 Å². The number of rotatable bonds is 2. The maximum absolute atomic E-state index is 12.2. The Kier molecular flexibility index (Phi) is 5.02. The van der Waals surface area contributed by atoms with Crippen LogP contribution >= 0.6 is 0 Å². The third kappa shape index (κ3) is 5.36. The van der Waals surface area contributed by atoms with Crippen molar-refractivity contribution >= 4 is 18.5 Å². The third-order valence-corrected chi connectivity index (χ3v) is 2.89. The van der Waals surface area contributed by atoms with Crippen molar-refractivity contribution in [2.24, 2.45) is 5.92 Å². The van der Waals surface area contributed by atoms with Crippen molar-refractivity contribution in [3.63, 3.8) is 0 Å². The summed E-state index contributed by atoms with van der Waals surface area (Å²) in [5, 5.41) is 0. The van der Waals surface area contributed by atoms with Gasteiger partial charge in [0.05, 0.1) is 0 Å². The van der Waals surface area contributed by atoms with Crippen LogP contribution in [0.25, 0.3) is 0 Å². The molecule has 0 spiro atoms. The van der Waals surface area contributed by atoms with E-state index in [1.54, 1.807) is 41.5 Å². The maximum Gasteiger partial charge on any atom is 0.420 e. The molecular weight excluding hydrogens is 274 g/mol. The van der Waals surface area contributed by atoms with Crippen molar-refractivity contribution in [3.8, 4) is 0 Å². The zero-order chi connectivity index (χ0) is 16.4. The minimum absolute atomic E-state index is 0.109. The summed E-state index contributed by atoms with van der Waals surface area (Å²) in [6, 6.07) is -0.343. The second-order valence-electron chi connectivity index (χ2n) is 7.35. The fourth-order valence-electron chi connectivity index (χ4n) is 1.95. The van der Waals surface area contributed by atoms with E-state index in [0.717, 1.165) is 11.2 Å². The molecule has 120 valence electrons. The molecule has 0 saturated heterocycles. The van der Waals surface area contributed by atoms with Crippen LogP contribution in [0.4, 0.5) is 9.59 Å². The normalized spacial score (nSPS) is 22.0. The average molecular weight is 299 g/mol. The molecule has 21 heavy (non-hydrogen) atoms. The lowest BCUT2D eigenvalue weighted by atomic mass is 9.80. The Labute approximate surface area is 125 Å². The lowest BCUT2D eigenvalue weighted by Crippen LogP contribution is -2.53. The Bertz CT molecular complexity index is 385. The Balaban J connectivity index is 2.83. The smallest absolute Gasteiger partial charge is 0.420 e. The highest BCUT2D eigenvalue weighted by molar-refractivity contribution is 5.89. The molecule has 0 N–H and O–H groups in total. The molecule has 0 aromatic carbocycles. The van der Waals surface area contributed by atoms with Crippen LogP contribution in [0.15, 0.2) is 0 Å². The van der Waals surface area contributed by atoms with Gasteiger partial charge in [-0.05, 0) is 54.4 Å². The number of nitrogens with zero attached hydrogens (tertiary/aromatic N) is 1.